The van der Waals surface area contributed by atoms with Gasteiger partial charge in [0, 0.05) is 23.1 Å². The smallest absolute Gasteiger partial charge is 0.240 e. The van der Waals surface area contributed by atoms with Gasteiger partial charge >= 0.3 is 0 Å². The van der Waals surface area contributed by atoms with Gasteiger partial charge < -0.3 is 19.8 Å². The summed E-state index contributed by atoms with van der Waals surface area (Å²) in [6.45, 7) is 2.49. The molecule has 3 rings (SSSR count). The molecule has 2 amide bonds. The van der Waals surface area contributed by atoms with E-state index in [9.17, 15) is 9.59 Å². The molecule has 23 heavy (non-hydrogen) atoms. The third-order valence-corrected chi connectivity index (χ3v) is 4.48. The zero-order valence-corrected chi connectivity index (χ0v) is 13.3. The Morgan fingerprint density at radius 1 is 1.43 bits per heavy atom. The quantitative estimate of drug-likeness (QED) is 0.931. The van der Waals surface area contributed by atoms with Crippen molar-refractivity contribution in [3.05, 3.63) is 29.5 Å². The largest absolute Gasteiger partial charge is 0.496 e. The normalized spacial score (nSPS) is 17.7. The van der Waals surface area contributed by atoms with E-state index in [1.54, 1.807) is 18.3 Å². The van der Waals surface area contributed by atoms with E-state index in [4.69, 9.17) is 14.9 Å². The molecule has 0 radical (unpaired) electrons. The maximum Gasteiger partial charge on any atom is 0.240 e. The van der Waals surface area contributed by atoms with Gasteiger partial charge in [0.1, 0.15) is 17.4 Å². The van der Waals surface area contributed by atoms with Crippen LogP contribution in [0.2, 0.25) is 0 Å². The van der Waals surface area contributed by atoms with Crippen LogP contribution in [0.3, 0.4) is 0 Å². The number of furan rings is 1. The van der Waals surface area contributed by atoms with Gasteiger partial charge in [0.15, 0.2) is 0 Å². The van der Waals surface area contributed by atoms with Crippen LogP contribution >= 0.6 is 0 Å². The SMILES string of the molecule is COc1ccc2c(CC(=O)N3CCC[C@H]3C(N)=O)coc2c1C. The molecular weight excluding hydrogens is 296 g/mol. The number of rotatable bonds is 4. The summed E-state index contributed by atoms with van der Waals surface area (Å²) in [4.78, 5) is 25.6. The van der Waals surface area contributed by atoms with E-state index in [1.807, 2.05) is 19.1 Å². The molecule has 2 aromatic rings. The number of nitrogens with two attached hydrogens (primary N) is 1. The molecule has 1 aromatic heterocycles. The number of benzene rings is 1. The molecule has 6 nitrogen and oxygen atoms in total. The lowest BCUT2D eigenvalue weighted by Gasteiger charge is -2.21. The predicted molar refractivity (Wildman–Crippen MR) is 85.1 cm³/mol. The van der Waals surface area contributed by atoms with Crippen LogP contribution in [0.1, 0.15) is 24.0 Å². The summed E-state index contributed by atoms with van der Waals surface area (Å²) >= 11 is 0. The second kappa shape index (κ2) is 5.95. The lowest BCUT2D eigenvalue weighted by molar-refractivity contribution is -0.136. The van der Waals surface area contributed by atoms with E-state index in [2.05, 4.69) is 0 Å². The molecule has 1 aliphatic heterocycles. The summed E-state index contributed by atoms with van der Waals surface area (Å²) in [7, 11) is 1.61. The number of primary amides is 1. The molecule has 1 aromatic carbocycles. The summed E-state index contributed by atoms with van der Waals surface area (Å²) in [5, 5.41) is 0.895. The van der Waals surface area contributed by atoms with Crippen LogP contribution in [-0.4, -0.2) is 36.4 Å². The number of fused-ring (bicyclic) bond motifs is 1. The van der Waals surface area contributed by atoms with Gasteiger partial charge in [0.2, 0.25) is 11.8 Å². The number of aryl methyl sites for hydroxylation is 1. The minimum absolute atomic E-state index is 0.0949. The van der Waals surface area contributed by atoms with E-state index >= 15 is 0 Å². The molecule has 0 bridgehead atoms. The summed E-state index contributed by atoms with van der Waals surface area (Å²) in [6, 6.07) is 3.27. The molecule has 1 saturated heterocycles. The van der Waals surface area contributed by atoms with E-state index in [0.717, 1.165) is 34.3 Å². The van der Waals surface area contributed by atoms with Gasteiger partial charge in [-0.15, -0.1) is 0 Å². The van der Waals surface area contributed by atoms with Gasteiger partial charge in [0.05, 0.1) is 19.8 Å². The molecule has 122 valence electrons. The summed E-state index contributed by atoms with van der Waals surface area (Å²) in [5.74, 6) is 0.217. The third kappa shape index (κ3) is 2.65. The average molecular weight is 316 g/mol. The molecule has 6 heteroatoms. The number of methoxy groups -OCH3 is 1. The standard InChI is InChI=1S/C17H20N2O4/c1-10-14(22-2)6-5-12-11(9-23-16(10)12)8-15(20)19-7-3-4-13(19)17(18)21/h5-6,9,13H,3-4,7-8H2,1-2H3,(H2,18,21)/t13-/m0/s1. The predicted octanol–water partition coefficient (Wildman–Crippen LogP) is 1.77. The number of likely N-dealkylation sites (tertiary alicyclic amines) is 1. The zero-order valence-electron chi connectivity index (χ0n) is 13.3. The van der Waals surface area contributed by atoms with Crippen molar-refractivity contribution < 1.29 is 18.7 Å². The fourth-order valence-corrected chi connectivity index (χ4v) is 3.26. The van der Waals surface area contributed by atoms with Crippen LogP contribution in [-0.2, 0) is 16.0 Å². The van der Waals surface area contributed by atoms with Crippen LogP contribution in [0.25, 0.3) is 11.0 Å². The van der Waals surface area contributed by atoms with Crippen molar-refractivity contribution in [1.29, 1.82) is 0 Å². The van der Waals surface area contributed by atoms with E-state index in [-0.39, 0.29) is 12.3 Å². The highest BCUT2D eigenvalue weighted by Gasteiger charge is 2.32. The molecule has 0 unspecified atom stereocenters. The van der Waals surface area contributed by atoms with Gasteiger partial charge in [0.25, 0.3) is 0 Å². The van der Waals surface area contributed by atoms with Gasteiger partial charge in [-0.05, 0) is 31.9 Å². The minimum atomic E-state index is -0.484. The van der Waals surface area contributed by atoms with Crippen molar-refractivity contribution in [2.75, 3.05) is 13.7 Å². The number of nitrogens with zero attached hydrogens (tertiary/aromatic N) is 1. The Morgan fingerprint density at radius 3 is 2.91 bits per heavy atom. The van der Waals surface area contributed by atoms with Crippen LogP contribution in [0, 0.1) is 6.92 Å². The maximum absolute atomic E-state index is 12.5. The number of ether oxygens (including phenoxy) is 1. The van der Waals surface area contributed by atoms with Crippen molar-refractivity contribution in [2.45, 2.75) is 32.2 Å². The Kier molecular flexibility index (Phi) is 3.98. The number of carbonyl (C=O) groups is 2. The van der Waals surface area contributed by atoms with Crippen molar-refractivity contribution in [3.63, 3.8) is 0 Å². The molecule has 0 saturated carbocycles. The highest BCUT2D eigenvalue weighted by atomic mass is 16.5. The third-order valence-electron chi connectivity index (χ3n) is 4.48. The van der Waals surface area contributed by atoms with E-state index in [1.165, 1.54) is 0 Å². The fraction of sp³-hybridized carbons (Fsp3) is 0.412. The second-order valence-electron chi connectivity index (χ2n) is 5.85. The number of hydrogen-bond acceptors (Lipinski definition) is 4. The molecule has 1 aliphatic rings. The van der Waals surface area contributed by atoms with E-state index in [0.29, 0.717) is 13.0 Å². The summed E-state index contributed by atoms with van der Waals surface area (Å²) in [6.07, 6.45) is 3.25. The van der Waals surface area contributed by atoms with E-state index < -0.39 is 11.9 Å². The zero-order chi connectivity index (χ0) is 16.6. The highest BCUT2D eigenvalue weighted by molar-refractivity contribution is 5.92. The fourth-order valence-electron chi connectivity index (χ4n) is 3.26. The molecule has 0 spiro atoms. The molecule has 0 aliphatic carbocycles. The maximum atomic E-state index is 12.5. The van der Waals surface area contributed by atoms with Crippen molar-refractivity contribution in [1.82, 2.24) is 4.90 Å². The molecule has 2 heterocycles. The monoisotopic (exact) mass is 316 g/mol. The van der Waals surface area contributed by atoms with Crippen molar-refractivity contribution in [3.8, 4) is 5.75 Å². The first-order valence-corrected chi connectivity index (χ1v) is 7.65. The van der Waals surface area contributed by atoms with Crippen molar-refractivity contribution in [2.24, 2.45) is 5.73 Å². The van der Waals surface area contributed by atoms with Crippen LogP contribution < -0.4 is 10.5 Å². The number of hydrogen-bond donors (Lipinski definition) is 1. The topological polar surface area (TPSA) is 85.8 Å². The minimum Gasteiger partial charge on any atom is -0.496 e. The second-order valence-corrected chi connectivity index (χ2v) is 5.85. The summed E-state index contributed by atoms with van der Waals surface area (Å²) in [5.41, 5.74) is 7.81. The first-order chi connectivity index (χ1) is 11.0. The van der Waals surface area contributed by atoms with Crippen LogP contribution in [0.5, 0.6) is 5.75 Å². The number of amides is 2. The highest BCUT2D eigenvalue weighted by Crippen LogP contribution is 2.31. The van der Waals surface area contributed by atoms with Crippen molar-refractivity contribution >= 4 is 22.8 Å². The van der Waals surface area contributed by atoms with Gasteiger partial charge in [-0.1, -0.05) is 0 Å². The Balaban J connectivity index is 1.86. The van der Waals surface area contributed by atoms with Gasteiger partial charge in [-0.25, -0.2) is 0 Å². The Morgan fingerprint density at radius 2 is 2.22 bits per heavy atom. The first-order valence-electron chi connectivity index (χ1n) is 7.65. The Labute approximate surface area is 134 Å². The summed E-state index contributed by atoms with van der Waals surface area (Å²) < 4.78 is 10.9. The molecule has 1 atom stereocenters. The van der Waals surface area contributed by atoms with Gasteiger partial charge in [-0.2, -0.15) is 0 Å². The Bertz CT molecular complexity index is 765. The molecule has 2 N–H and O–H groups in total. The van der Waals surface area contributed by atoms with Crippen LogP contribution in [0.4, 0.5) is 0 Å². The lowest BCUT2D eigenvalue weighted by Crippen LogP contribution is -2.44. The molecular formula is C17H20N2O4. The van der Waals surface area contributed by atoms with Gasteiger partial charge in [-0.3, -0.25) is 9.59 Å². The number of carbonyl (C=O) groups excluding carboxylic acids is 2. The van der Waals surface area contributed by atoms with Crippen LogP contribution in [0.15, 0.2) is 22.8 Å². The lowest BCUT2D eigenvalue weighted by atomic mass is 10.1. The first kappa shape index (κ1) is 15.4. The molecule has 1 fully saturated rings. The Hall–Kier alpha value is -2.50. The average Bonchev–Trinajstić information content (AvgIpc) is 3.15.